The third-order valence-corrected chi connectivity index (χ3v) is 3.69. The van der Waals surface area contributed by atoms with Gasteiger partial charge in [0, 0.05) is 18.0 Å². The van der Waals surface area contributed by atoms with Gasteiger partial charge in [-0.25, -0.2) is 9.78 Å². The van der Waals surface area contributed by atoms with Crippen molar-refractivity contribution < 1.29 is 9.90 Å². The fourth-order valence-electron chi connectivity index (χ4n) is 1.56. The number of benzene rings is 1. The maximum atomic E-state index is 10.5. The van der Waals surface area contributed by atoms with Crippen LogP contribution in [0.5, 0.6) is 0 Å². The van der Waals surface area contributed by atoms with Crippen molar-refractivity contribution in [3.63, 3.8) is 0 Å². The highest BCUT2D eigenvalue weighted by molar-refractivity contribution is 7.98. The molecule has 1 aromatic heterocycles. The molecule has 0 amide bonds. The van der Waals surface area contributed by atoms with Gasteiger partial charge in [-0.1, -0.05) is 35.9 Å². The number of aromatic nitrogens is 1. The van der Waals surface area contributed by atoms with E-state index < -0.39 is 5.97 Å². The summed E-state index contributed by atoms with van der Waals surface area (Å²) in [6, 6.07) is 11.4. The molecule has 102 valence electrons. The monoisotopic (exact) mass is 305 g/mol. The van der Waals surface area contributed by atoms with Crippen molar-refractivity contribution in [3.05, 3.63) is 64.8 Å². The SMILES string of the molecule is O=C(O)C=Cc1cccc(CSc2ccc(Cl)cn2)c1. The second-order valence-electron chi connectivity index (χ2n) is 4.02. The lowest BCUT2D eigenvalue weighted by Gasteiger charge is -2.03. The Balaban J connectivity index is 2.01. The number of carboxylic acid groups (broad SMARTS) is 1. The summed E-state index contributed by atoms with van der Waals surface area (Å²) in [4.78, 5) is 14.7. The molecule has 5 heteroatoms. The quantitative estimate of drug-likeness (QED) is 0.666. The minimum Gasteiger partial charge on any atom is -0.478 e. The van der Waals surface area contributed by atoms with Crippen LogP contribution in [0.1, 0.15) is 11.1 Å². The van der Waals surface area contributed by atoms with Crippen molar-refractivity contribution in [1.82, 2.24) is 4.98 Å². The van der Waals surface area contributed by atoms with E-state index >= 15 is 0 Å². The topological polar surface area (TPSA) is 50.2 Å². The lowest BCUT2D eigenvalue weighted by atomic mass is 10.1. The lowest BCUT2D eigenvalue weighted by Crippen LogP contribution is -1.87. The molecule has 20 heavy (non-hydrogen) atoms. The molecule has 1 N–H and O–H groups in total. The Kier molecular flexibility index (Phi) is 5.21. The number of aliphatic carboxylic acids is 1. The summed E-state index contributed by atoms with van der Waals surface area (Å²) in [6.45, 7) is 0. The maximum Gasteiger partial charge on any atom is 0.328 e. The number of nitrogens with zero attached hydrogens (tertiary/aromatic N) is 1. The molecular weight excluding hydrogens is 294 g/mol. The minimum atomic E-state index is -0.949. The molecule has 0 radical (unpaired) electrons. The molecule has 1 aromatic carbocycles. The van der Waals surface area contributed by atoms with Gasteiger partial charge in [0.1, 0.15) is 0 Å². The van der Waals surface area contributed by atoms with E-state index in [0.717, 1.165) is 28.0 Å². The molecule has 0 spiro atoms. The van der Waals surface area contributed by atoms with Gasteiger partial charge < -0.3 is 5.11 Å². The van der Waals surface area contributed by atoms with E-state index in [1.165, 1.54) is 0 Å². The van der Waals surface area contributed by atoms with Crippen LogP contribution in [0.15, 0.2) is 53.7 Å². The zero-order chi connectivity index (χ0) is 14.4. The number of pyridine rings is 1. The number of halogens is 1. The first-order valence-electron chi connectivity index (χ1n) is 5.88. The minimum absolute atomic E-state index is 0.621. The van der Waals surface area contributed by atoms with Crippen molar-refractivity contribution in [1.29, 1.82) is 0 Å². The number of carboxylic acids is 1. The molecule has 0 aliphatic carbocycles. The van der Waals surface area contributed by atoms with Crippen LogP contribution in [0.4, 0.5) is 0 Å². The Morgan fingerprint density at radius 1 is 1.35 bits per heavy atom. The molecule has 0 saturated carbocycles. The molecule has 0 unspecified atom stereocenters. The first-order chi connectivity index (χ1) is 9.63. The predicted molar refractivity (Wildman–Crippen MR) is 81.9 cm³/mol. The van der Waals surface area contributed by atoms with Crippen LogP contribution < -0.4 is 0 Å². The van der Waals surface area contributed by atoms with Gasteiger partial charge >= 0.3 is 5.97 Å². The highest BCUT2D eigenvalue weighted by atomic mass is 35.5. The van der Waals surface area contributed by atoms with Gasteiger partial charge in [-0.2, -0.15) is 0 Å². The Bertz CT molecular complexity index is 626. The number of hydrogen-bond acceptors (Lipinski definition) is 3. The summed E-state index contributed by atoms with van der Waals surface area (Å²) in [7, 11) is 0. The van der Waals surface area contributed by atoms with Gasteiger partial charge in [0.05, 0.1) is 10.0 Å². The summed E-state index contributed by atoms with van der Waals surface area (Å²) in [5.41, 5.74) is 1.98. The summed E-state index contributed by atoms with van der Waals surface area (Å²) >= 11 is 7.39. The molecular formula is C15H12ClNO2S. The van der Waals surface area contributed by atoms with E-state index in [4.69, 9.17) is 16.7 Å². The lowest BCUT2D eigenvalue weighted by molar-refractivity contribution is -0.131. The first kappa shape index (κ1) is 14.6. The Hall–Kier alpha value is -1.78. The largest absolute Gasteiger partial charge is 0.478 e. The Morgan fingerprint density at radius 3 is 2.90 bits per heavy atom. The first-order valence-corrected chi connectivity index (χ1v) is 7.24. The number of thioether (sulfide) groups is 1. The molecule has 0 atom stereocenters. The average molecular weight is 306 g/mol. The molecule has 0 aliphatic rings. The van der Waals surface area contributed by atoms with E-state index in [9.17, 15) is 4.79 Å². The molecule has 2 rings (SSSR count). The summed E-state index contributed by atoms with van der Waals surface area (Å²) < 4.78 is 0. The summed E-state index contributed by atoms with van der Waals surface area (Å²) in [5.74, 6) is -0.182. The Morgan fingerprint density at radius 2 is 2.20 bits per heavy atom. The van der Waals surface area contributed by atoms with E-state index in [-0.39, 0.29) is 0 Å². The zero-order valence-electron chi connectivity index (χ0n) is 10.5. The number of hydrogen-bond donors (Lipinski definition) is 1. The van der Waals surface area contributed by atoms with Crippen LogP contribution in [0.3, 0.4) is 0 Å². The maximum absolute atomic E-state index is 10.5. The molecule has 3 nitrogen and oxygen atoms in total. The molecule has 0 fully saturated rings. The fraction of sp³-hybridized carbons (Fsp3) is 0.0667. The standard InChI is InChI=1S/C15H12ClNO2S/c16-13-5-6-14(17-9-13)20-10-12-3-1-2-11(8-12)4-7-15(18)19/h1-9H,10H2,(H,18,19). The average Bonchev–Trinajstić information content (AvgIpc) is 2.45. The van der Waals surface area contributed by atoms with E-state index in [0.29, 0.717) is 5.02 Å². The second-order valence-corrected chi connectivity index (χ2v) is 5.45. The van der Waals surface area contributed by atoms with Crippen molar-refractivity contribution in [2.45, 2.75) is 10.8 Å². The van der Waals surface area contributed by atoms with Gasteiger partial charge in [-0.3, -0.25) is 0 Å². The van der Waals surface area contributed by atoms with Gasteiger partial charge in [0.25, 0.3) is 0 Å². The smallest absolute Gasteiger partial charge is 0.328 e. The van der Waals surface area contributed by atoms with Crippen molar-refractivity contribution in [2.75, 3.05) is 0 Å². The van der Waals surface area contributed by atoms with Crippen LogP contribution in [0.25, 0.3) is 6.08 Å². The van der Waals surface area contributed by atoms with E-state index in [1.807, 2.05) is 36.4 Å². The van der Waals surface area contributed by atoms with Crippen molar-refractivity contribution in [2.24, 2.45) is 0 Å². The van der Waals surface area contributed by atoms with Crippen LogP contribution in [0.2, 0.25) is 5.02 Å². The second kappa shape index (κ2) is 7.12. The van der Waals surface area contributed by atoms with Gasteiger partial charge in [0.15, 0.2) is 0 Å². The highest BCUT2D eigenvalue weighted by Crippen LogP contribution is 2.22. The number of carbonyl (C=O) groups is 1. The van der Waals surface area contributed by atoms with E-state index in [2.05, 4.69) is 4.98 Å². The van der Waals surface area contributed by atoms with Crippen LogP contribution in [-0.4, -0.2) is 16.1 Å². The van der Waals surface area contributed by atoms with Crippen molar-refractivity contribution in [3.8, 4) is 0 Å². The molecule has 0 saturated heterocycles. The van der Waals surface area contributed by atoms with Gasteiger partial charge in [-0.05, 0) is 29.3 Å². The van der Waals surface area contributed by atoms with Crippen molar-refractivity contribution >= 4 is 35.4 Å². The van der Waals surface area contributed by atoms with Crippen LogP contribution >= 0.6 is 23.4 Å². The fourth-order valence-corrected chi connectivity index (χ4v) is 2.46. The normalized spacial score (nSPS) is 10.8. The third kappa shape index (κ3) is 4.72. The van der Waals surface area contributed by atoms with Gasteiger partial charge in [-0.15, -0.1) is 11.8 Å². The van der Waals surface area contributed by atoms with Gasteiger partial charge in [0.2, 0.25) is 0 Å². The molecule has 0 aliphatic heterocycles. The van der Waals surface area contributed by atoms with E-state index in [1.54, 1.807) is 24.0 Å². The highest BCUT2D eigenvalue weighted by Gasteiger charge is 1.99. The zero-order valence-corrected chi connectivity index (χ0v) is 12.1. The third-order valence-electron chi connectivity index (χ3n) is 2.46. The van der Waals surface area contributed by atoms with Crippen LogP contribution in [-0.2, 0) is 10.5 Å². The Labute approximate surface area is 126 Å². The predicted octanol–water partition coefficient (Wildman–Crippen LogP) is 4.13. The summed E-state index contributed by atoms with van der Waals surface area (Å²) in [5, 5.41) is 10.1. The molecule has 0 bridgehead atoms. The molecule has 1 heterocycles. The molecule has 2 aromatic rings. The number of rotatable bonds is 5. The summed E-state index contributed by atoms with van der Waals surface area (Å²) in [6.07, 6.45) is 4.33. The van der Waals surface area contributed by atoms with Crippen LogP contribution in [0, 0.1) is 0 Å².